The summed E-state index contributed by atoms with van der Waals surface area (Å²) < 4.78 is 0. The minimum Gasteiger partial charge on any atom is -0.325 e. The van der Waals surface area contributed by atoms with Crippen LogP contribution in [0, 0.1) is 0 Å². The Morgan fingerprint density at radius 2 is 2.00 bits per heavy atom. The van der Waals surface area contributed by atoms with E-state index in [1.54, 1.807) is 17.7 Å². The number of para-hydroxylation sites is 1. The minimum absolute atomic E-state index is 0.0216. The Morgan fingerprint density at radius 3 is 2.70 bits per heavy atom. The van der Waals surface area contributed by atoms with Crippen molar-refractivity contribution in [2.24, 2.45) is 0 Å². The Hall–Kier alpha value is -1.92. The third-order valence-corrected chi connectivity index (χ3v) is 7.02. The molecule has 1 amide bonds. The highest BCUT2D eigenvalue weighted by Gasteiger charge is 2.22. The highest BCUT2D eigenvalue weighted by Crippen LogP contribution is 2.34. The molecule has 1 aromatic carbocycles. The summed E-state index contributed by atoms with van der Waals surface area (Å²) in [4.78, 5) is 24.1. The predicted molar refractivity (Wildman–Crippen MR) is 116 cm³/mol. The van der Waals surface area contributed by atoms with Crippen molar-refractivity contribution in [3.63, 3.8) is 0 Å². The number of thiophene rings is 1. The van der Waals surface area contributed by atoms with Gasteiger partial charge in [-0.3, -0.25) is 4.79 Å². The van der Waals surface area contributed by atoms with Crippen LogP contribution in [0.5, 0.6) is 0 Å². The summed E-state index contributed by atoms with van der Waals surface area (Å²) in [5.74, 6) is 0.377. The van der Waals surface area contributed by atoms with E-state index in [1.807, 2.05) is 25.1 Å². The Bertz CT molecular complexity index is 936. The smallest absolute Gasteiger partial charge is 0.237 e. The molecule has 4 nitrogen and oxygen atoms in total. The number of fused-ring (bicyclic) bond motifs is 1. The van der Waals surface area contributed by atoms with E-state index in [2.05, 4.69) is 48.2 Å². The molecule has 1 atom stereocenters. The van der Waals surface area contributed by atoms with Crippen LogP contribution in [0.15, 0.2) is 41.7 Å². The first-order valence-electron chi connectivity index (χ1n) is 9.33. The van der Waals surface area contributed by atoms with Gasteiger partial charge in [-0.05, 0) is 36.5 Å². The Kier molecular flexibility index (Phi) is 6.50. The first kappa shape index (κ1) is 19.8. The van der Waals surface area contributed by atoms with Gasteiger partial charge < -0.3 is 5.32 Å². The number of thioether (sulfide) groups is 1. The molecule has 0 spiro atoms. The number of carbonyl (C=O) groups excluding carboxylic acids is 1. The average molecular weight is 400 g/mol. The highest BCUT2D eigenvalue weighted by molar-refractivity contribution is 8.00. The molecular weight excluding hydrogens is 374 g/mol. The number of nitrogens with zero attached hydrogens (tertiary/aromatic N) is 2. The fourth-order valence-corrected chi connectivity index (χ4v) is 4.93. The summed E-state index contributed by atoms with van der Waals surface area (Å²) in [5, 5.41) is 4.86. The largest absolute Gasteiger partial charge is 0.325 e. The van der Waals surface area contributed by atoms with Crippen molar-refractivity contribution in [2.75, 3.05) is 5.32 Å². The van der Waals surface area contributed by atoms with Crippen LogP contribution >= 0.6 is 23.1 Å². The van der Waals surface area contributed by atoms with Crippen LogP contribution in [0.4, 0.5) is 5.69 Å². The van der Waals surface area contributed by atoms with Crippen molar-refractivity contribution < 1.29 is 4.79 Å². The van der Waals surface area contributed by atoms with Gasteiger partial charge in [0.1, 0.15) is 16.2 Å². The zero-order chi connectivity index (χ0) is 19.4. The van der Waals surface area contributed by atoms with E-state index in [4.69, 9.17) is 0 Å². The molecule has 0 aliphatic rings. The molecular formula is C21H25N3OS2. The van der Waals surface area contributed by atoms with E-state index in [9.17, 15) is 4.79 Å². The van der Waals surface area contributed by atoms with Crippen molar-refractivity contribution >= 4 is 44.9 Å². The molecule has 1 unspecified atom stereocenters. The second-order valence-electron chi connectivity index (χ2n) is 6.71. The number of carbonyl (C=O) groups is 1. The number of hydrogen-bond donors (Lipinski definition) is 1. The Morgan fingerprint density at radius 1 is 1.22 bits per heavy atom. The third kappa shape index (κ3) is 4.50. The zero-order valence-electron chi connectivity index (χ0n) is 16.2. The van der Waals surface area contributed by atoms with E-state index < -0.39 is 0 Å². The summed E-state index contributed by atoms with van der Waals surface area (Å²) in [6.07, 6.45) is 3.31. The molecule has 6 heteroatoms. The topological polar surface area (TPSA) is 54.9 Å². The lowest BCUT2D eigenvalue weighted by atomic mass is 10.0. The SMILES string of the molecule is CCc1cc2c(SC(CC)C(=O)Nc3ccccc3C(C)C)ncnc2s1. The maximum Gasteiger partial charge on any atom is 0.237 e. The lowest BCUT2D eigenvalue weighted by Gasteiger charge is -2.18. The van der Waals surface area contributed by atoms with Crippen LogP contribution in [0.2, 0.25) is 0 Å². The number of rotatable bonds is 7. The maximum absolute atomic E-state index is 12.9. The summed E-state index contributed by atoms with van der Waals surface area (Å²) in [6.45, 7) is 8.45. The van der Waals surface area contributed by atoms with Gasteiger partial charge in [-0.1, -0.05) is 57.7 Å². The van der Waals surface area contributed by atoms with Crippen LogP contribution in [-0.4, -0.2) is 21.1 Å². The zero-order valence-corrected chi connectivity index (χ0v) is 17.8. The van der Waals surface area contributed by atoms with Gasteiger partial charge in [0.05, 0.1) is 5.25 Å². The minimum atomic E-state index is -0.201. The molecule has 0 saturated carbocycles. The van der Waals surface area contributed by atoms with Gasteiger partial charge in [0.25, 0.3) is 0 Å². The molecule has 0 saturated heterocycles. The second kappa shape index (κ2) is 8.85. The Balaban J connectivity index is 1.82. The number of hydrogen-bond acceptors (Lipinski definition) is 5. The number of anilines is 1. The summed E-state index contributed by atoms with van der Waals surface area (Å²) in [5.41, 5.74) is 2.05. The van der Waals surface area contributed by atoms with Crippen molar-refractivity contribution in [1.82, 2.24) is 9.97 Å². The van der Waals surface area contributed by atoms with Gasteiger partial charge in [0.15, 0.2) is 0 Å². The highest BCUT2D eigenvalue weighted by atomic mass is 32.2. The van der Waals surface area contributed by atoms with E-state index in [0.29, 0.717) is 5.92 Å². The summed E-state index contributed by atoms with van der Waals surface area (Å²) in [6, 6.07) is 10.2. The van der Waals surface area contributed by atoms with Gasteiger partial charge >= 0.3 is 0 Å². The molecule has 142 valence electrons. The maximum atomic E-state index is 12.9. The number of aromatic nitrogens is 2. The first-order valence-corrected chi connectivity index (χ1v) is 11.0. The molecule has 2 aromatic heterocycles. The predicted octanol–water partition coefficient (Wildman–Crippen LogP) is 5.89. The fourth-order valence-electron chi connectivity index (χ4n) is 2.94. The molecule has 0 radical (unpaired) electrons. The van der Waals surface area contributed by atoms with Crippen LogP contribution in [-0.2, 0) is 11.2 Å². The van der Waals surface area contributed by atoms with Gasteiger partial charge in [-0.2, -0.15) is 0 Å². The van der Waals surface area contributed by atoms with E-state index in [-0.39, 0.29) is 11.2 Å². The first-order chi connectivity index (χ1) is 13.0. The van der Waals surface area contributed by atoms with Crippen molar-refractivity contribution in [3.8, 4) is 0 Å². The number of aryl methyl sites for hydroxylation is 1. The number of benzene rings is 1. The molecule has 3 rings (SSSR count). The molecule has 3 aromatic rings. The van der Waals surface area contributed by atoms with E-state index >= 15 is 0 Å². The third-order valence-electron chi connectivity index (χ3n) is 4.45. The average Bonchev–Trinajstić information content (AvgIpc) is 3.10. The molecule has 0 bridgehead atoms. The number of nitrogens with one attached hydrogen (secondary N) is 1. The van der Waals surface area contributed by atoms with Gasteiger partial charge in [-0.15, -0.1) is 11.3 Å². The van der Waals surface area contributed by atoms with Gasteiger partial charge in [-0.25, -0.2) is 9.97 Å². The number of amides is 1. The van der Waals surface area contributed by atoms with E-state index in [0.717, 1.165) is 39.3 Å². The van der Waals surface area contributed by atoms with Gasteiger partial charge in [0, 0.05) is 16.0 Å². The van der Waals surface area contributed by atoms with Crippen molar-refractivity contribution in [3.05, 3.63) is 47.1 Å². The van der Waals surface area contributed by atoms with Crippen molar-refractivity contribution in [2.45, 2.75) is 56.7 Å². The Labute approximate surface area is 168 Å². The van der Waals surface area contributed by atoms with Gasteiger partial charge in [0.2, 0.25) is 5.91 Å². The van der Waals surface area contributed by atoms with Crippen LogP contribution in [0.1, 0.15) is 50.5 Å². The molecule has 2 heterocycles. The quantitative estimate of drug-likeness (QED) is 0.398. The van der Waals surface area contributed by atoms with E-state index in [1.165, 1.54) is 16.6 Å². The monoisotopic (exact) mass is 399 g/mol. The second-order valence-corrected chi connectivity index (χ2v) is 9.02. The summed E-state index contributed by atoms with van der Waals surface area (Å²) in [7, 11) is 0. The standard InChI is InChI=1S/C21H25N3OS2/c1-5-14-11-16-20(26-14)22-12-23-21(16)27-18(6-2)19(25)24-17-10-8-7-9-15(17)13(3)4/h7-13,18H,5-6H2,1-4H3,(H,24,25). The molecule has 1 N–H and O–H groups in total. The van der Waals surface area contributed by atoms with Crippen LogP contribution in [0.25, 0.3) is 10.2 Å². The molecule has 0 fully saturated rings. The lowest BCUT2D eigenvalue weighted by Crippen LogP contribution is -2.25. The van der Waals surface area contributed by atoms with Crippen LogP contribution in [0.3, 0.4) is 0 Å². The lowest BCUT2D eigenvalue weighted by molar-refractivity contribution is -0.115. The normalized spacial score (nSPS) is 12.5. The van der Waals surface area contributed by atoms with Crippen LogP contribution < -0.4 is 5.32 Å². The fraction of sp³-hybridized carbons (Fsp3) is 0.381. The molecule has 27 heavy (non-hydrogen) atoms. The molecule has 0 aliphatic carbocycles. The molecule has 0 aliphatic heterocycles. The summed E-state index contributed by atoms with van der Waals surface area (Å²) >= 11 is 3.22. The van der Waals surface area contributed by atoms with Crippen molar-refractivity contribution in [1.29, 1.82) is 0 Å².